The summed E-state index contributed by atoms with van der Waals surface area (Å²) in [6, 6.07) is 0.275. The molecule has 5 heteroatoms. The highest BCUT2D eigenvalue weighted by molar-refractivity contribution is 5.57. The summed E-state index contributed by atoms with van der Waals surface area (Å²) in [6.45, 7) is 10.0. The van der Waals surface area contributed by atoms with E-state index in [-0.39, 0.29) is 6.04 Å². The lowest BCUT2D eigenvalue weighted by Gasteiger charge is -2.20. The van der Waals surface area contributed by atoms with Gasteiger partial charge in [-0.15, -0.1) is 0 Å². The molecule has 0 saturated heterocycles. The van der Waals surface area contributed by atoms with Crippen molar-refractivity contribution < 1.29 is 4.74 Å². The second-order valence-electron chi connectivity index (χ2n) is 4.95. The molecule has 0 aliphatic carbocycles. The van der Waals surface area contributed by atoms with Crippen LogP contribution in [0.4, 0.5) is 11.6 Å². The molecule has 114 valence electrons. The van der Waals surface area contributed by atoms with Crippen LogP contribution in [-0.2, 0) is 11.2 Å². The van der Waals surface area contributed by atoms with Crippen LogP contribution in [0.5, 0.6) is 0 Å². The van der Waals surface area contributed by atoms with Crippen molar-refractivity contribution in [1.82, 2.24) is 9.97 Å². The number of ether oxygens (including phenoxy) is 1. The van der Waals surface area contributed by atoms with Gasteiger partial charge in [-0.1, -0.05) is 20.8 Å². The summed E-state index contributed by atoms with van der Waals surface area (Å²) >= 11 is 0. The SMILES string of the molecule is CCCNc1nc(CC)nc(NC(CC)COC)c1C. The van der Waals surface area contributed by atoms with Gasteiger partial charge in [-0.2, -0.15) is 0 Å². The van der Waals surface area contributed by atoms with Crippen LogP contribution in [0.2, 0.25) is 0 Å². The van der Waals surface area contributed by atoms with Gasteiger partial charge in [-0.25, -0.2) is 9.97 Å². The Labute approximate surface area is 122 Å². The van der Waals surface area contributed by atoms with Crippen LogP contribution in [0.1, 0.15) is 45.0 Å². The number of rotatable bonds is 9. The maximum absolute atomic E-state index is 5.24. The molecular weight excluding hydrogens is 252 g/mol. The number of nitrogens with zero attached hydrogens (tertiary/aromatic N) is 2. The highest BCUT2D eigenvalue weighted by Crippen LogP contribution is 2.21. The first-order valence-corrected chi connectivity index (χ1v) is 7.52. The van der Waals surface area contributed by atoms with Gasteiger partial charge in [0.05, 0.1) is 12.6 Å². The molecular formula is C15H28N4O. The van der Waals surface area contributed by atoms with E-state index < -0.39 is 0 Å². The van der Waals surface area contributed by atoms with Crippen LogP contribution < -0.4 is 10.6 Å². The summed E-state index contributed by atoms with van der Waals surface area (Å²) in [6.07, 6.45) is 2.90. The molecule has 0 aliphatic heterocycles. The third kappa shape index (κ3) is 4.63. The molecule has 0 aliphatic rings. The topological polar surface area (TPSA) is 59.1 Å². The molecule has 0 fully saturated rings. The first-order valence-electron chi connectivity index (χ1n) is 7.52. The van der Waals surface area contributed by atoms with Crippen LogP contribution in [-0.4, -0.2) is 36.3 Å². The van der Waals surface area contributed by atoms with Gasteiger partial charge in [0.25, 0.3) is 0 Å². The number of hydrogen-bond acceptors (Lipinski definition) is 5. The third-order valence-electron chi connectivity index (χ3n) is 3.25. The van der Waals surface area contributed by atoms with Crippen molar-refractivity contribution in [3.63, 3.8) is 0 Å². The molecule has 1 heterocycles. The van der Waals surface area contributed by atoms with Crippen LogP contribution in [0, 0.1) is 6.92 Å². The molecule has 0 spiro atoms. The lowest BCUT2D eigenvalue weighted by molar-refractivity contribution is 0.184. The van der Waals surface area contributed by atoms with Crippen molar-refractivity contribution in [2.75, 3.05) is 30.9 Å². The Morgan fingerprint density at radius 2 is 1.85 bits per heavy atom. The van der Waals surface area contributed by atoms with E-state index >= 15 is 0 Å². The smallest absolute Gasteiger partial charge is 0.135 e. The maximum atomic E-state index is 5.24. The van der Waals surface area contributed by atoms with Crippen LogP contribution in [0.3, 0.4) is 0 Å². The second kappa shape index (κ2) is 8.74. The van der Waals surface area contributed by atoms with Gasteiger partial charge in [0.1, 0.15) is 17.5 Å². The van der Waals surface area contributed by atoms with E-state index in [2.05, 4.69) is 48.3 Å². The van der Waals surface area contributed by atoms with Gasteiger partial charge >= 0.3 is 0 Å². The molecule has 1 aromatic rings. The van der Waals surface area contributed by atoms with E-state index in [1.54, 1.807) is 7.11 Å². The molecule has 1 unspecified atom stereocenters. The Morgan fingerprint density at radius 1 is 1.15 bits per heavy atom. The monoisotopic (exact) mass is 280 g/mol. The number of anilines is 2. The average Bonchev–Trinajstić information content (AvgIpc) is 2.47. The van der Waals surface area contributed by atoms with Gasteiger partial charge in [-0.05, 0) is 19.8 Å². The van der Waals surface area contributed by atoms with Crippen LogP contribution in [0.15, 0.2) is 0 Å². The predicted octanol–water partition coefficient (Wildman–Crippen LogP) is 3.01. The molecule has 1 atom stereocenters. The molecule has 20 heavy (non-hydrogen) atoms. The van der Waals surface area contributed by atoms with Gasteiger partial charge in [0.15, 0.2) is 0 Å². The summed E-state index contributed by atoms with van der Waals surface area (Å²) in [5.41, 5.74) is 1.07. The zero-order valence-corrected chi connectivity index (χ0v) is 13.4. The number of nitrogens with one attached hydrogen (secondary N) is 2. The van der Waals surface area contributed by atoms with E-state index in [1.165, 1.54) is 0 Å². The Hall–Kier alpha value is -1.36. The van der Waals surface area contributed by atoms with E-state index in [0.29, 0.717) is 6.61 Å². The van der Waals surface area contributed by atoms with Crippen molar-refractivity contribution >= 4 is 11.6 Å². The standard InChI is InChI=1S/C15H28N4O/c1-6-9-16-14-11(4)15(19-13(8-3)18-14)17-12(7-2)10-20-5/h12H,6-10H2,1-5H3,(H2,16,17,18,19). The first-order chi connectivity index (χ1) is 9.65. The number of hydrogen-bond donors (Lipinski definition) is 2. The molecule has 0 saturated carbocycles. The Kier molecular flexibility index (Phi) is 7.30. The van der Waals surface area contributed by atoms with Gasteiger partial charge in [0.2, 0.25) is 0 Å². The maximum Gasteiger partial charge on any atom is 0.135 e. The summed E-state index contributed by atoms with van der Waals surface area (Å²) in [5, 5.41) is 6.85. The van der Waals surface area contributed by atoms with Gasteiger partial charge in [-0.3, -0.25) is 0 Å². The van der Waals surface area contributed by atoms with E-state index in [0.717, 1.165) is 48.8 Å². The molecule has 0 bridgehead atoms. The minimum atomic E-state index is 0.275. The molecule has 0 amide bonds. The fourth-order valence-corrected chi connectivity index (χ4v) is 1.93. The second-order valence-corrected chi connectivity index (χ2v) is 4.95. The van der Waals surface area contributed by atoms with Crippen LogP contribution >= 0.6 is 0 Å². The molecule has 1 aromatic heterocycles. The number of aryl methyl sites for hydroxylation is 1. The fraction of sp³-hybridized carbons (Fsp3) is 0.733. The Bertz CT molecular complexity index is 409. The highest BCUT2D eigenvalue weighted by atomic mass is 16.5. The van der Waals surface area contributed by atoms with Crippen molar-refractivity contribution in [2.45, 2.75) is 53.0 Å². The zero-order chi connectivity index (χ0) is 15.0. The van der Waals surface area contributed by atoms with Crippen molar-refractivity contribution in [1.29, 1.82) is 0 Å². The first kappa shape index (κ1) is 16.7. The van der Waals surface area contributed by atoms with E-state index in [4.69, 9.17) is 4.74 Å². The average molecular weight is 280 g/mol. The predicted molar refractivity (Wildman–Crippen MR) is 84.5 cm³/mol. The zero-order valence-electron chi connectivity index (χ0n) is 13.4. The summed E-state index contributed by atoms with van der Waals surface area (Å²) in [7, 11) is 1.73. The third-order valence-corrected chi connectivity index (χ3v) is 3.25. The van der Waals surface area contributed by atoms with Crippen LogP contribution in [0.25, 0.3) is 0 Å². The molecule has 0 aromatic carbocycles. The lowest BCUT2D eigenvalue weighted by Crippen LogP contribution is -2.25. The highest BCUT2D eigenvalue weighted by Gasteiger charge is 2.13. The van der Waals surface area contributed by atoms with Crippen molar-refractivity contribution in [2.24, 2.45) is 0 Å². The number of aromatic nitrogens is 2. The minimum absolute atomic E-state index is 0.275. The summed E-state index contributed by atoms with van der Waals surface area (Å²) < 4.78 is 5.24. The van der Waals surface area contributed by atoms with E-state index in [1.807, 2.05) is 0 Å². The molecule has 5 nitrogen and oxygen atoms in total. The number of methoxy groups -OCH3 is 1. The Balaban J connectivity index is 2.97. The Morgan fingerprint density at radius 3 is 2.40 bits per heavy atom. The largest absolute Gasteiger partial charge is 0.383 e. The lowest BCUT2D eigenvalue weighted by atomic mass is 10.2. The fourth-order valence-electron chi connectivity index (χ4n) is 1.93. The van der Waals surface area contributed by atoms with Crippen molar-refractivity contribution in [3.8, 4) is 0 Å². The van der Waals surface area contributed by atoms with E-state index in [9.17, 15) is 0 Å². The quantitative estimate of drug-likeness (QED) is 0.728. The van der Waals surface area contributed by atoms with Gasteiger partial charge in [0, 0.05) is 25.6 Å². The minimum Gasteiger partial charge on any atom is -0.383 e. The summed E-state index contributed by atoms with van der Waals surface area (Å²) in [5.74, 6) is 2.72. The molecule has 0 radical (unpaired) electrons. The molecule has 1 rings (SSSR count). The summed E-state index contributed by atoms with van der Waals surface area (Å²) in [4.78, 5) is 9.19. The van der Waals surface area contributed by atoms with Gasteiger partial charge < -0.3 is 15.4 Å². The normalized spacial score (nSPS) is 12.2. The van der Waals surface area contributed by atoms with Crippen molar-refractivity contribution in [3.05, 3.63) is 11.4 Å². The molecule has 2 N–H and O–H groups in total.